The van der Waals surface area contributed by atoms with Crippen LogP contribution in [0.25, 0.3) is 0 Å². The Kier molecular flexibility index (Phi) is 8.12. The number of halogens is 5. The van der Waals surface area contributed by atoms with Crippen LogP contribution in [0.5, 0.6) is 5.75 Å². The third-order valence-corrected chi connectivity index (χ3v) is 4.30. The van der Waals surface area contributed by atoms with E-state index in [2.05, 4.69) is 9.64 Å². The molecule has 0 radical (unpaired) electrons. The van der Waals surface area contributed by atoms with Crippen LogP contribution in [0.3, 0.4) is 0 Å². The van der Waals surface area contributed by atoms with Crippen molar-refractivity contribution >= 4 is 17.5 Å². The number of piperazine rings is 1. The maximum Gasteiger partial charge on any atom is 0.411 e. The Morgan fingerprint density at radius 2 is 1.89 bits per heavy atom. The van der Waals surface area contributed by atoms with Gasteiger partial charge in [-0.1, -0.05) is 11.6 Å². The zero-order chi connectivity index (χ0) is 19.9. The first kappa shape index (κ1) is 21.7. The van der Waals surface area contributed by atoms with E-state index in [9.17, 15) is 22.4 Å². The van der Waals surface area contributed by atoms with E-state index in [1.54, 1.807) is 4.90 Å². The topological polar surface area (TPSA) is 42.0 Å². The summed E-state index contributed by atoms with van der Waals surface area (Å²) < 4.78 is 58.9. The monoisotopic (exact) mass is 412 g/mol. The summed E-state index contributed by atoms with van der Waals surface area (Å²) in [4.78, 5) is 15.9. The number of hydrogen-bond acceptors (Lipinski definition) is 4. The Hall–Kier alpha value is -1.58. The van der Waals surface area contributed by atoms with Gasteiger partial charge < -0.3 is 14.4 Å². The van der Waals surface area contributed by atoms with E-state index in [0.29, 0.717) is 44.9 Å². The molecule has 5 nitrogen and oxygen atoms in total. The fraction of sp³-hybridized carbons (Fsp3) is 0.588. The van der Waals surface area contributed by atoms with Crippen LogP contribution in [-0.4, -0.2) is 74.4 Å². The molecule has 10 heteroatoms. The lowest BCUT2D eigenvalue weighted by atomic mass is 10.3. The molecule has 0 unspecified atom stereocenters. The Bertz CT molecular complexity index is 623. The van der Waals surface area contributed by atoms with E-state index in [4.69, 9.17) is 16.3 Å². The highest BCUT2D eigenvalue weighted by atomic mass is 35.5. The maximum atomic E-state index is 13.1. The summed E-state index contributed by atoms with van der Waals surface area (Å²) in [5, 5.41) is -0.0761. The molecule has 1 aromatic carbocycles. The van der Waals surface area contributed by atoms with Crippen molar-refractivity contribution < 1.29 is 31.8 Å². The van der Waals surface area contributed by atoms with Crippen molar-refractivity contribution in [1.29, 1.82) is 0 Å². The molecule has 1 aromatic rings. The van der Waals surface area contributed by atoms with Crippen molar-refractivity contribution in [2.75, 3.05) is 52.5 Å². The van der Waals surface area contributed by atoms with Crippen LogP contribution in [0.2, 0.25) is 5.02 Å². The van der Waals surface area contributed by atoms with E-state index in [1.807, 2.05) is 0 Å². The average molecular weight is 413 g/mol. The van der Waals surface area contributed by atoms with Gasteiger partial charge in [0.1, 0.15) is 18.2 Å². The molecule has 1 aliphatic heterocycles. The molecule has 0 aliphatic carbocycles. The lowest BCUT2D eigenvalue weighted by Gasteiger charge is -2.34. The van der Waals surface area contributed by atoms with E-state index < -0.39 is 18.6 Å². The van der Waals surface area contributed by atoms with Crippen molar-refractivity contribution in [3.63, 3.8) is 0 Å². The van der Waals surface area contributed by atoms with Crippen LogP contribution in [-0.2, 0) is 9.53 Å². The first-order valence-electron chi connectivity index (χ1n) is 8.47. The van der Waals surface area contributed by atoms with Gasteiger partial charge in [0.05, 0.1) is 5.02 Å². The second-order valence-electron chi connectivity index (χ2n) is 6.11. The molecule has 0 N–H and O–H groups in total. The molecular weight excluding hydrogens is 392 g/mol. The zero-order valence-electron chi connectivity index (χ0n) is 14.6. The van der Waals surface area contributed by atoms with E-state index in [-0.39, 0.29) is 24.1 Å². The number of carbonyl (C=O) groups excluding carboxylic acids is 1. The van der Waals surface area contributed by atoms with Crippen LogP contribution in [0.1, 0.15) is 6.42 Å². The fourth-order valence-electron chi connectivity index (χ4n) is 2.60. The molecule has 1 fully saturated rings. The molecule has 0 aromatic heterocycles. The number of nitrogens with zero attached hydrogens (tertiary/aromatic N) is 2. The van der Waals surface area contributed by atoms with E-state index in [1.165, 1.54) is 18.2 Å². The van der Waals surface area contributed by atoms with Gasteiger partial charge in [-0.25, -0.2) is 4.39 Å². The zero-order valence-corrected chi connectivity index (χ0v) is 15.4. The number of ether oxygens (including phenoxy) is 2. The first-order chi connectivity index (χ1) is 12.7. The van der Waals surface area contributed by atoms with Gasteiger partial charge in [0.25, 0.3) is 5.91 Å². The second-order valence-corrected chi connectivity index (χ2v) is 6.52. The number of amides is 1. The first-order valence-corrected chi connectivity index (χ1v) is 8.85. The van der Waals surface area contributed by atoms with Crippen molar-refractivity contribution in [2.45, 2.75) is 12.6 Å². The minimum absolute atomic E-state index is 0.0483. The molecule has 0 bridgehead atoms. The molecule has 152 valence electrons. The third kappa shape index (κ3) is 7.90. The molecule has 1 amide bonds. The predicted molar refractivity (Wildman–Crippen MR) is 91.4 cm³/mol. The van der Waals surface area contributed by atoms with E-state index in [0.717, 1.165) is 0 Å². The van der Waals surface area contributed by atoms with Crippen molar-refractivity contribution in [2.24, 2.45) is 0 Å². The number of rotatable bonds is 8. The fourth-order valence-corrected chi connectivity index (χ4v) is 2.77. The molecule has 0 atom stereocenters. The number of benzene rings is 1. The summed E-state index contributed by atoms with van der Waals surface area (Å²) in [6.07, 6.45) is -3.80. The van der Waals surface area contributed by atoms with Crippen LogP contribution >= 0.6 is 11.6 Å². The third-order valence-electron chi connectivity index (χ3n) is 4.01. The van der Waals surface area contributed by atoms with Crippen molar-refractivity contribution in [3.05, 3.63) is 29.0 Å². The highest BCUT2D eigenvalue weighted by molar-refractivity contribution is 6.30. The molecule has 0 saturated carbocycles. The Morgan fingerprint density at radius 1 is 1.19 bits per heavy atom. The highest BCUT2D eigenvalue weighted by Crippen LogP contribution is 2.21. The van der Waals surface area contributed by atoms with Gasteiger partial charge in [-0.3, -0.25) is 9.69 Å². The van der Waals surface area contributed by atoms with Crippen LogP contribution in [0, 0.1) is 5.82 Å². The molecule has 2 rings (SSSR count). The molecule has 0 spiro atoms. The largest absolute Gasteiger partial charge is 0.484 e. The van der Waals surface area contributed by atoms with Gasteiger partial charge in [0.15, 0.2) is 6.61 Å². The summed E-state index contributed by atoms with van der Waals surface area (Å²) >= 11 is 5.66. The normalized spacial score (nSPS) is 15.8. The van der Waals surface area contributed by atoms with Gasteiger partial charge in [0.2, 0.25) is 0 Å². The lowest BCUT2D eigenvalue weighted by Crippen LogP contribution is -2.50. The van der Waals surface area contributed by atoms with Gasteiger partial charge >= 0.3 is 6.18 Å². The van der Waals surface area contributed by atoms with Crippen LogP contribution in [0.4, 0.5) is 17.6 Å². The number of alkyl halides is 3. The van der Waals surface area contributed by atoms with Gasteiger partial charge in [-0.05, 0) is 18.6 Å². The number of carbonyl (C=O) groups is 1. The SMILES string of the molecule is O=C(COc1ccc(F)c(Cl)c1)N1CCN(CCCOCC(F)(F)F)CC1. The molecule has 1 saturated heterocycles. The Labute approximate surface area is 159 Å². The smallest absolute Gasteiger partial charge is 0.411 e. The molecule has 1 heterocycles. The van der Waals surface area contributed by atoms with Crippen LogP contribution < -0.4 is 4.74 Å². The summed E-state index contributed by atoms with van der Waals surface area (Å²) in [6, 6.07) is 3.87. The Morgan fingerprint density at radius 3 is 2.52 bits per heavy atom. The summed E-state index contributed by atoms with van der Waals surface area (Å²) in [7, 11) is 0. The van der Waals surface area contributed by atoms with Gasteiger partial charge in [-0.15, -0.1) is 0 Å². The number of hydrogen-bond donors (Lipinski definition) is 0. The minimum Gasteiger partial charge on any atom is -0.484 e. The quantitative estimate of drug-likeness (QED) is 0.486. The molecule has 27 heavy (non-hydrogen) atoms. The lowest BCUT2D eigenvalue weighted by molar-refractivity contribution is -0.174. The van der Waals surface area contributed by atoms with Crippen molar-refractivity contribution in [1.82, 2.24) is 9.80 Å². The van der Waals surface area contributed by atoms with Crippen LogP contribution in [0.15, 0.2) is 18.2 Å². The van der Waals surface area contributed by atoms with Crippen molar-refractivity contribution in [3.8, 4) is 5.75 Å². The van der Waals surface area contributed by atoms with E-state index >= 15 is 0 Å². The summed E-state index contributed by atoms with van der Waals surface area (Å²) in [5.41, 5.74) is 0. The predicted octanol–water partition coefficient (Wildman–Crippen LogP) is 2.97. The Balaban J connectivity index is 1.61. The second kappa shape index (κ2) is 10.1. The average Bonchev–Trinajstić information content (AvgIpc) is 2.62. The van der Waals surface area contributed by atoms with Gasteiger partial charge in [0, 0.05) is 45.4 Å². The molecule has 1 aliphatic rings. The van der Waals surface area contributed by atoms with Gasteiger partial charge in [-0.2, -0.15) is 13.2 Å². The molecular formula is C17H21ClF4N2O3. The summed E-state index contributed by atoms with van der Waals surface area (Å²) in [6.45, 7) is 1.55. The minimum atomic E-state index is -4.30. The maximum absolute atomic E-state index is 13.1. The highest BCUT2D eigenvalue weighted by Gasteiger charge is 2.27. The summed E-state index contributed by atoms with van der Waals surface area (Å²) in [5.74, 6) is -0.439. The standard InChI is InChI=1S/C17H21ClF4N2O3/c18-14-10-13(2-3-15(14)19)27-11-16(25)24-7-5-23(6-8-24)4-1-9-26-12-17(20,21)22/h2-3,10H,1,4-9,11-12H2.